The van der Waals surface area contributed by atoms with Crippen molar-refractivity contribution in [1.82, 2.24) is 4.90 Å². The Morgan fingerprint density at radius 3 is 2.35 bits per heavy atom. The van der Waals surface area contributed by atoms with Gasteiger partial charge in [-0.3, -0.25) is 4.79 Å². The predicted octanol–water partition coefficient (Wildman–Crippen LogP) is 2.58. The summed E-state index contributed by atoms with van der Waals surface area (Å²) in [6.45, 7) is 6.34. The molecule has 0 aliphatic carbocycles. The molecule has 0 radical (unpaired) electrons. The molecule has 1 aliphatic rings. The summed E-state index contributed by atoms with van der Waals surface area (Å²) < 4.78 is 0. The Kier molecular flexibility index (Phi) is 4.09. The number of rotatable bonds is 2. The summed E-state index contributed by atoms with van der Waals surface area (Å²) in [7, 11) is 0. The SMILES string of the molecule is CC(C)(C)c1ccc(C(=O)N2CSC[C@H]2C(=O)O)cc1. The average Bonchev–Trinajstić information content (AvgIpc) is 2.86. The molecule has 1 fully saturated rings. The Balaban J connectivity index is 2.19. The summed E-state index contributed by atoms with van der Waals surface area (Å²) in [6, 6.07) is 6.73. The molecule has 1 aliphatic heterocycles. The molecule has 1 amide bonds. The standard InChI is InChI=1S/C15H19NO3S/c1-15(2,3)11-6-4-10(5-7-11)13(17)16-9-20-8-12(16)14(18)19/h4-7,12H,8-9H2,1-3H3,(H,18,19)/t12-/m0/s1. The van der Waals surface area contributed by atoms with Crippen LogP contribution in [0, 0.1) is 0 Å². The van der Waals surface area contributed by atoms with Gasteiger partial charge in [-0.1, -0.05) is 32.9 Å². The third-order valence-corrected chi connectivity index (χ3v) is 4.44. The summed E-state index contributed by atoms with van der Waals surface area (Å²) in [4.78, 5) is 24.9. The van der Waals surface area contributed by atoms with Crippen molar-refractivity contribution in [2.45, 2.75) is 32.2 Å². The van der Waals surface area contributed by atoms with Crippen LogP contribution in [0.15, 0.2) is 24.3 Å². The largest absolute Gasteiger partial charge is 0.480 e. The van der Waals surface area contributed by atoms with Crippen LogP contribution in [-0.4, -0.2) is 39.6 Å². The number of carboxylic acids is 1. The van der Waals surface area contributed by atoms with Crippen molar-refractivity contribution in [3.8, 4) is 0 Å². The number of carbonyl (C=O) groups is 2. The normalized spacial score (nSPS) is 19.1. The zero-order chi connectivity index (χ0) is 14.9. The molecule has 1 saturated heterocycles. The van der Waals surface area contributed by atoms with Gasteiger partial charge in [-0.15, -0.1) is 11.8 Å². The molecule has 1 atom stereocenters. The van der Waals surface area contributed by atoms with Gasteiger partial charge in [0.15, 0.2) is 0 Å². The number of nitrogens with zero attached hydrogens (tertiary/aromatic N) is 1. The molecule has 1 N–H and O–H groups in total. The van der Waals surface area contributed by atoms with Crippen LogP contribution in [0.4, 0.5) is 0 Å². The van der Waals surface area contributed by atoms with Crippen LogP contribution < -0.4 is 0 Å². The molecular weight excluding hydrogens is 274 g/mol. The van der Waals surface area contributed by atoms with Crippen LogP contribution in [0.3, 0.4) is 0 Å². The second kappa shape index (κ2) is 5.48. The van der Waals surface area contributed by atoms with Gasteiger partial charge in [0.1, 0.15) is 6.04 Å². The number of thioether (sulfide) groups is 1. The monoisotopic (exact) mass is 293 g/mol. The topological polar surface area (TPSA) is 57.6 Å². The molecule has 5 heteroatoms. The van der Waals surface area contributed by atoms with E-state index in [9.17, 15) is 9.59 Å². The minimum Gasteiger partial charge on any atom is -0.480 e. The molecule has 0 unspecified atom stereocenters. The van der Waals surface area contributed by atoms with Crippen LogP contribution in [0.25, 0.3) is 0 Å². The molecule has 0 saturated carbocycles. The van der Waals surface area contributed by atoms with Gasteiger partial charge >= 0.3 is 5.97 Å². The van der Waals surface area contributed by atoms with Crippen LogP contribution in [0.2, 0.25) is 0 Å². The first kappa shape index (κ1) is 14.9. The fraction of sp³-hybridized carbons (Fsp3) is 0.467. The van der Waals surface area contributed by atoms with E-state index < -0.39 is 12.0 Å². The third kappa shape index (κ3) is 2.98. The molecular formula is C15H19NO3S. The molecule has 2 rings (SSSR count). The predicted molar refractivity (Wildman–Crippen MR) is 80.1 cm³/mol. The minimum atomic E-state index is -0.935. The van der Waals surface area contributed by atoms with Crippen molar-refractivity contribution in [2.75, 3.05) is 11.6 Å². The Labute approximate surface area is 123 Å². The van der Waals surface area contributed by atoms with Gasteiger partial charge in [-0.2, -0.15) is 0 Å². The average molecular weight is 293 g/mol. The number of amides is 1. The summed E-state index contributed by atoms with van der Waals surface area (Å²) in [5.41, 5.74) is 1.74. The lowest BCUT2D eigenvalue weighted by Gasteiger charge is -2.22. The van der Waals surface area contributed by atoms with Gasteiger partial charge < -0.3 is 10.0 Å². The summed E-state index contributed by atoms with van der Waals surface area (Å²) >= 11 is 1.47. The van der Waals surface area contributed by atoms with Crippen molar-refractivity contribution >= 4 is 23.6 Å². The number of carboxylic acid groups (broad SMARTS) is 1. The van der Waals surface area contributed by atoms with E-state index in [2.05, 4.69) is 20.8 Å². The van der Waals surface area contributed by atoms with Crippen molar-refractivity contribution < 1.29 is 14.7 Å². The van der Waals surface area contributed by atoms with Crippen molar-refractivity contribution in [3.63, 3.8) is 0 Å². The maximum Gasteiger partial charge on any atom is 0.327 e. The van der Waals surface area contributed by atoms with Crippen LogP contribution in [0.5, 0.6) is 0 Å². The Morgan fingerprint density at radius 2 is 1.85 bits per heavy atom. The van der Waals surface area contributed by atoms with E-state index in [4.69, 9.17) is 5.11 Å². The number of hydrogen-bond donors (Lipinski definition) is 1. The smallest absolute Gasteiger partial charge is 0.327 e. The van der Waals surface area contributed by atoms with E-state index in [0.717, 1.165) is 5.56 Å². The molecule has 1 aromatic rings. The first-order valence-corrected chi connectivity index (χ1v) is 7.68. The quantitative estimate of drug-likeness (QED) is 0.910. The van der Waals surface area contributed by atoms with Crippen molar-refractivity contribution in [2.24, 2.45) is 0 Å². The molecule has 0 bridgehead atoms. The highest BCUT2D eigenvalue weighted by Crippen LogP contribution is 2.25. The van der Waals surface area contributed by atoms with Crippen molar-refractivity contribution in [3.05, 3.63) is 35.4 Å². The maximum atomic E-state index is 12.4. The van der Waals surface area contributed by atoms with E-state index in [1.165, 1.54) is 16.7 Å². The summed E-state index contributed by atoms with van der Waals surface area (Å²) in [5.74, 6) is -0.240. The second-order valence-corrected chi connectivity index (χ2v) is 6.96. The fourth-order valence-corrected chi connectivity index (χ4v) is 3.27. The molecule has 0 aromatic heterocycles. The Hall–Kier alpha value is -1.49. The molecule has 1 heterocycles. The highest BCUT2D eigenvalue weighted by atomic mass is 32.2. The zero-order valence-electron chi connectivity index (χ0n) is 11.9. The van der Waals surface area contributed by atoms with E-state index in [-0.39, 0.29) is 11.3 Å². The lowest BCUT2D eigenvalue weighted by atomic mass is 9.86. The maximum absolute atomic E-state index is 12.4. The number of benzene rings is 1. The van der Waals surface area contributed by atoms with Gasteiger partial charge in [0, 0.05) is 11.3 Å². The summed E-state index contributed by atoms with van der Waals surface area (Å²) in [6.07, 6.45) is 0. The number of carbonyl (C=O) groups excluding carboxylic acids is 1. The molecule has 20 heavy (non-hydrogen) atoms. The van der Waals surface area contributed by atoms with Gasteiger partial charge in [0.25, 0.3) is 5.91 Å². The van der Waals surface area contributed by atoms with Crippen LogP contribution in [-0.2, 0) is 10.2 Å². The lowest BCUT2D eigenvalue weighted by Crippen LogP contribution is -2.41. The van der Waals surface area contributed by atoms with Crippen molar-refractivity contribution in [1.29, 1.82) is 0 Å². The third-order valence-electron chi connectivity index (χ3n) is 3.43. The zero-order valence-corrected chi connectivity index (χ0v) is 12.7. The van der Waals surface area contributed by atoms with Gasteiger partial charge in [0.05, 0.1) is 5.88 Å². The molecule has 4 nitrogen and oxygen atoms in total. The second-order valence-electron chi connectivity index (χ2n) is 5.96. The van der Waals surface area contributed by atoms with Crippen LogP contribution >= 0.6 is 11.8 Å². The van der Waals surface area contributed by atoms with Gasteiger partial charge in [-0.05, 0) is 23.1 Å². The van der Waals surface area contributed by atoms with E-state index in [1.807, 2.05) is 12.1 Å². The first-order chi connectivity index (χ1) is 9.30. The Morgan fingerprint density at radius 1 is 1.25 bits per heavy atom. The number of aliphatic carboxylic acids is 1. The molecule has 108 valence electrons. The Bertz CT molecular complexity index is 519. The molecule has 1 aromatic carbocycles. The van der Waals surface area contributed by atoms with Crippen LogP contribution in [0.1, 0.15) is 36.7 Å². The fourth-order valence-electron chi connectivity index (χ4n) is 2.13. The van der Waals surface area contributed by atoms with E-state index >= 15 is 0 Å². The molecule has 0 spiro atoms. The first-order valence-electron chi connectivity index (χ1n) is 6.53. The minimum absolute atomic E-state index is 0.0364. The van der Waals surface area contributed by atoms with Gasteiger partial charge in [0.2, 0.25) is 0 Å². The lowest BCUT2D eigenvalue weighted by molar-refractivity contribution is -0.140. The van der Waals surface area contributed by atoms with E-state index in [0.29, 0.717) is 17.2 Å². The van der Waals surface area contributed by atoms with Gasteiger partial charge in [-0.25, -0.2) is 4.79 Å². The number of hydrogen-bond acceptors (Lipinski definition) is 3. The highest BCUT2D eigenvalue weighted by molar-refractivity contribution is 7.99. The highest BCUT2D eigenvalue weighted by Gasteiger charge is 2.35. The summed E-state index contributed by atoms with van der Waals surface area (Å²) in [5, 5.41) is 9.12. The van der Waals surface area contributed by atoms with E-state index in [1.54, 1.807) is 12.1 Å².